The molecule has 0 saturated heterocycles. The minimum atomic E-state index is -3.71. The lowest BCUT2D eigenvalue weighted by Crippen LogP contribution is -2.48. The Hall–Kier alpha value is -1.44. The molecule has 0 bridgehead atoms. The first-order valence-electron chi connectivity index (χ1n) is 6.64. The second kappa shape index (κ2) is 7.53. The van der Waals surface area contributed by atoms with Crippen LogP contribution in [-0.4, -0.2) is 40.1 Å². The van der Waals surface area contributed by atoms with Gasteiger partial charge in [0.05, 0.1) is 17.5 Å². The van der Waals surface area contributed by atoms with E-state index in [1.807, 2.05) is 6.92 Å². The Balaban J connectivity index is 2.70. The maximum atomic E-state index is 12.2. The summed E-state index contributed by atoms with van der Waals surface area (Å²) in [6.07, 6.45) is 0. The summed E-state index contributed by atoms with van der Waals surface area (Å²) in [4.78, 5) is 12.0. The van der Waals surface area contributed by atoms with Crippen LogP contribution in [-0.2, 0) is 19.6 Å². The predicted molar refractivity (Wildman–Crippen MR) is 80.4 cm³/mol. The number of rotatable bonds is 7. The normalized spacial score (nSPS) is 14.5. The number of amides is 1. The number of hydrogen-bond acceptors (Lipinski definition) is 4. The smallest absolute Gasteiger partial charge is 0.241 e. The molecule has 118 valence electrons. The first kappa shape index (κ1) is 17.6. The van der Waals surface area contributed by atoms with Crippen LogP contribution in [0.2, 0.25) is 0 Å². The Morgan fingerprint density at radius 2 is 1.81 bits per heavy atom. The molecule has 6 nitrogen and oxygen atoms in total. The van der Waals surface area contributed by atoms with Crippen molar-refractivity contribution in [2.45, 2.75) is 37.8 Å². The zero-order valence-electron chi connectivity index (χ0n) is 12.7. The summed E-state index contributed by atoms with van der Waals surface area (Å²) in [6, 6.07) is 5.38. The second-order valence-electron chi connectivity index (χ2n) is 5.02. The largest absolute Gasteiger partial charge is 0.383 e. The molecule has 0 aromatic heterocycles. The average Bonchev–Trinajstić information content (AvgIpc) is 2.38. The maximum Gasteiger partial charge on any atom is 0.241 e. The highest BCUT2D eigenvalue weighted by Gasteiger charge is 2.22. The summed E-state index contributed by atoms with van der Waals surface area (Å²) in [5, 5.41) is 2.67. The fraction of sp³-hybridized carbons (Fsp3) is 0.500. The minimum absolute atomic E-state index is 0.137. The van der Waals surface area contributed by atoms with Gasteiger partial charge in [0.25, 0.3) is 0 Å². The monoisotopic (exact) mass is 314 g/mol. The Kier molecular flexibility index (Phi) is 6.32. The van der Waals surface area contributed by atoms with Gasteiger partial charge in [0, 0.05) is 13.2 Å². The lowest BCUT2D eigenvalue weighted by Gasteiger charge is -2.18. The average molecular weight is 314 g/mol. The Bertz CT molecular complexity index is 569. The third kappa shape index (κ3) is 5.45. The summed E-state index contributed by atoms with van der Waals surface area (Å²) in [6.45, 7) is 5.52. The topological polar surface area (TPSA) is 84.5 Å². The van der Waals surface area contributed by atoms with E-state index in [4.69, 9.17) is 4.74 Å². The Morgan fingerprint density at radius 1 is 1.24 bits per heavy atom. The molecule has 0 aliphatic heterocycles. The highest BCUT2D eigenvalue weighted by Crippen LogP contribution is 2.10. The van der Waals surface area contributed by atoms with Gasteiger partial charge in [-0.05, 0) is 32.9 Å². The first-order chi connectivity index (χ1) is 9.76. The lowest BCUT2D eigenvalue weighted by molar-refractivity contribution is -0.123. The first-order valence-corrected chi connectivity index (χ1v) is 8.13. The van der Waals surface area contributed by atoms with E-state index in [0.29, 0.717) is 6.61 Å². The number of sulfonamides is 1. The number of hydrogen-bond donors (Lipinski definition) is 2. The van der Waals surface area contributed by atoms with E-state index in [2.05, 4.69) is 10.0 Å². The zero-order chi connectivity index (χ0) is 16.0. The molecule has 0 aliphatic rings. The van der Waals surface area contributed by atoms with E-state index >= 15 is 0 Å². The van der Waals surface area contributed by atoms with Crippen LogP contribution in [0.3, 0.4) is 0 Å². The fourth-order valence-corrected chi connectivity index (χ4v) is 2.93. The van der Waals surface area contributed by atoms with E-state index < -0.39 is 22.0 Å². The minimum Gasteiger partial charge on any atom is -0.383 e. The van der Waals surface area contributed by atoms with Gasteiger partial charge in [0.1, 0.15) is 0 Å². The van der Waals surface area contributed by atoms with E-state index in [9.17, 15) is 13.2 Å². The van der Waals surface area contributed by atoms with Gasteiger partial charge in [-0.1, -0.05) is 17.7 Å². The molecule has 0 fully saturated rings. The summed E-state index contributed by atoms with van der Waals surface area (Å²) in [7, 11) is -2.18. The van der Waals surface area contributed by atoms with Crippen molar-refractivity contribution in [1.82, 2.24) is 10.0 Å². The molecule has 2 atom stereocenters. The van der Waals surface area contributed by atoms with Gasteiger partial charge in [0.15, 0.2) is 0 Å². The van der Waals surface area contributed by atoms with Gasteiger partial charge in [-0.25, -0.2) is 8.42 Å². The number of aryl methyl sites for hydroxylation is 1. The number of carbonyl (C=O) groups excluding carboxylic acids is 1. The Morgan fingerprint density at radius 3 is 2.33 bits per heavy atom. The molecule has 0 heterocycles. The van der Waals surface area contributed by atoms with Crippen molar-refractivity contribution in [2.24, 2.45) is 0 Å². The molecule has 21 heavy (non-hydrogen) atoms. The van der Waals surface area contributed by atoms with Crippen molar-refractivity contribution in [3.63, 3.8) is 0 Å². The van der Waals surface area contributed by atoms with Crippen LogP contribution >= 0.6 is 0 Å². The number of methoxy groups -OCH3 is 1. The summed E-state index contributed by atoms with van der Waals surface area (Å²) < 4.78 is 31.6. The second-order valence-corrected chi connectivity index (χ2v) is 6.73. The van der Waals surface area contributed by atoms with E-state index in [0.717, 1.165) is 5.56 Å². The summed E-state index contributed by atoms with van der Waals surface area (Å²) in [5.74, 6) is -0.393. The van der Waals surface area contributed by atoms with Crippen LogP contribution in [0.5, 0.6) is 0 Å². The van der Waals surface area contributed by atoms with Gasteiger partial charge in [0.2, 0.25) is 15.9 Å². The van der Waals surface area contributed by atoms with E-state index in [-0.39, 0.29) is 10.9 Å². The molecule has 1 amide bonds. The van der Waals surface area contributed by atoms with Crippen LogP contribution < -0.4 is 10.0 Å². The van der Waals surface area contributed by atoms with Crippen molar-refractivity contribution < 1.29 is 17.9 Å². The predicted octanol–water partition coefficient (Wildman–Crippen LogP) is 0.813. The molecule has 0 radical (unpaired) electrons. The highest BCUT2D eigenvalue weighted by atomic mass is 32.2. The molecule has 7 heteroatoms. The van der Waals surface area contributed by atoms with Gasteiger partial charge < -0.3 is 10.1 Å². The lowest BCUT2D eigenvalue weighted by atomic mass is 10.2. The SMILES string of the molecule is COC[C@@H](C)NC(=O)[C@@H](C)NS(=O)(=O)c1ccc(C)cc1. The molecule has 2 N–H and O–H groups in total. The molecule has 1 aromatic rings. The van der Waals surface area contributed by atoms with Gasteiger partial charge in [-0.3, -0.25) is 4.79 Å². The van der Waals surface area contributed by atoms with Crippen LogP contribution in [0.25, 0.3) is 0 Å². The molecule has 0 saturated carbocycles. The number of benzene rings is 1. The molecule has 1 rings (SSSR count). The van der Waals surface area contributed by atoms with Crippen molar-refractivity contribution in [3.8, 4) is 0 Å². The quantitative estimate of drug-likeness (QED) is 0.780. The van der Waals surface area contributed by atoms with Gasteiger partial charge in [-0.2, -0.15) is 4.72 Å². The van der Waals surface area contributed by atoms with Crippen LogP contribution in [0, 0.1) is 6.92 Å². The molecule has 1 aromatic carbocycles. The Labute approximate surface area is 125 Å². The van der Waals surface area contributed by atoms with Crippen LogP contribution in [0.1, 0.15) is 19.4 Å². The number of carbonyl (C=O) groups is 1. The molecular weight excluding hydrogens is 292 g/mol. The van der Waals surface area contributed by atoms with E-state index in [1.165, 1.54) is 26.2 Å². The van der Waals surface area contributed by atoms with Crippen LogP contribution in [0.4, 0.5) is 0 Å². The van der Waals surface area contributed by atoms with Crippen molar-refractivity contribution in [3.05, 3.63) is 29.8 Å². The molecular formula is C14H22N2O4S. The zero-order valence-corrected chi connectivity index (χ0v) is 13.5. The summed E-state index contributed by atoms with van der Waals surface area (Å²) >= 11 is 0. The van der Waals surface area contributed by atoms with E-state index in [1.54, 1.807) is 19.1 Å². The third-order valence-electron chi connectivity index (χ3n) is 2.86. The number of ether oxygens (including phenoxy) is 1. The fourth-order valence-electron chi connectivity index (χ4n) is 1.73. The summed E-state index contributed by atoms with van der Waals surface area (Å²) in [5.41, 5.74) is 0.966. The van der Waals surface area contributed by atoms with Crippen molar-refractivity contribution in [2.75, 3.05) is 13.7 Å². The number of nitrogens with one attached hydrogen (secondary N) is 2. The van der Waals surface area contributed by atoms with Crippen LogP contribution in [0.15, 0.2) is 29.2 Å². The van der Waals surface area contributed by atoms with Gasteiger partial charge in [-0.15, -0.1) is 0 Å². The maximum absolute atomic E-state index is 12.2. The van der Waals surface area contributed by atoms with Crippen molar-refractivity contribution >= 4 is 15.9 Å². The van der Waals surface area contributed by atoms with Crippen molar-refractivity contribution in [1.29, 1.82) is 0 Å². The highest BCUT2D eigenvalue weighted by molar-refractivity contribution is 7.89. The molecule has 0 unspecified atom stereocenters. The molecule has 0 spiro atoms. The molecule has 0 aliphatic carbocycles. The third-order valence-corrected chi connectivity index (χ3v) is 4.42. The standard InChI is InChI=1S/C14H22N2O4S/c1-10-5-7-13(8-6-10)21(18,19)16-12(3)14(17)15-11(2)9-20-4/h5-8,11-12,16H,9H2,1-4H3,(H,15,17)/t11-,12-/m1/s1. The van der Waals surface area contributed by atoms with Gasteiger partial charge >= 0.3 is 0 Å².